The van der Waals surface area contributed by atoms with E-state index in [4.69, 9.17) is 9.52 Å². The number of fused-ring (bicyclic) bond motifs is 1. The second kappa shape index (κ2) is 9.78. The normalized spacial score (nSPS) is 26.5. The van der Waals surface area contributed by atoms with Crippen molar-refractivity contribution < 1.29 is 4.52 Å². The predicted molar refractivity (Wildman–Crippen MR) is 112 cm³/mol. The molecule has 0 aromatic carbocycles. The van der Waals surface area contributed by atoms with Crippen LogP contribution in [0.15, 0.2) is 9.52 Å². The van der Waals surface area contributed by atoms with Crippen molar-refractivity contribution in [3.8, 4) is 0 Å². The Labute approximate surface area is 168 Å². The first-order chi connectivity index (χ1) is 11.7. The lowest BCUT2D eigenvalue weighted by atomic mass is 9.69. The van der Waals surface area contributed by atoms with Gasteiger partial charge in [-0.25, -0.2) is 4.99 Å². The maximum absolute atomic E-state index is 5.24. The van der Waals surface area contributed by atoms with Crippen molar-refractivity contribution in [2.45, 2.75) is 78.3 Å². The smallest absolute Gasteiger partial charge is 0.191 e. The van der Waals surface area contributed by atoms with Crippen molar-refractivity contribution in [3.05, 3.63) is 17.0 Å². The van der Waals surface area contributed by atoms with Crippen LogP contribution in [-0.2, 0) is 6.54 Å². The van der Waals surface area contributed by atoms with Crippen molar-refractivity contribution in [2.75, 3.05) is 6.54 Å². The van der Waals surface area contributed by atoms with Gasteiger partial charge in [0.25, 0.3) is 0 Å². The van der Waals surface area contributed by atoms with Crippen molar-refractivity contribution in [1.82, 2.24) is 15.8 Å². The van der Waals surface area contributed by atoms with Gasteiger partial charge in [-0.2, -0.15) is 0 Å². The zero-order valence-electron chi connectivity index (χ0n) is 15.8. The molecule has 2 N–H and O–H groups in total. The van der Waals surface area contributed by atoms with Gasteiger partial charge in [0.05, 0.1) is 12.2 Å². The number of halogens is 1. The molecule has 142 valence electrons. The van der Waals surface area contributed by atoms with E-state index in [1.807, 2.05) is 13.8 Å². The Hall–Kier alpha value is -0.790. The average molecular weight is 460 g/mol. The Morgan fingerprint density at radius 1 is 1.16 bits per heavy atom. The summed E-state index contributed by atoms with van der Waals surface area (Å²) in [6, 6.07) is 0.562. The second-order valence-electron chi connectivity index (χ2n) is 7.46. The van der Waals surface area contributed by atoms with E-state index in [1.165, 1.54) is 44.9 Å². The van der Waals surface area contributed by atoms with Crippen LogP contribution in [0, 0.1) is 25.7 Å². The van der Waals surface area contributed by atoms with Gasteiger partial charge >= 0.3 is 0 Å². The van der Waals surface area contributed by atoms with Crippen molar-refractivity contribution >= 4 is 29.9 Å². The van der Waals surface area contributed by atoms with Gasteiger partial charge in [0.15, 0.2) is 5.96 Å². The summed E-state index contributed by atoms with van der Waals surface area (Å²) in [5.41, 5.74) is 2.04. The lowest BCUT2D eigenvalue weighted by Gasteiger charge is -2.39. The number of rotatable bonds is 4. The average Bonchev–Trinajstić information content (AvgIpc) is 2.91. The largest absolute Gasteiger partial charge is 0.361 e. The van der Waals surface area contributed by atoms with Crippen LogP contribution >= 0.6 is 24.0 Å². The summed E-state index contributed by atoms with van der Waals surface area (Å²) >= 11 is 0. The number of hydrogen-bond acceptors (Lipinski definition) is 3. The van der Waals surface area contributed by atoms with E-state index >= 15 is 0 Å². The van der Waals surface area contributed by atoms with E-state index in [0.717, 1.165) is 41.4 Å². The molecule has 3 unspecified atom stereocenters. The molecule has 2 aliphatic carbocycles. The number of aliphatic imine (C=N–C) groups is 1. The molecule has 1 heterocycles. The van der Waals surface area contributed by atoms with E-state index in [1.54, 1.807) is 0 Å². The molecule has 0 aliphatic heterocycles. The van der Waals surface area contributed by atoms with Crippen LogP contribution in [0.3, 0.4) is 0 Å². The SMILES string of the molecule is CCNC(=NCc1c(C)noc1C)NC1CCC2CCCCC2C1.I. The van der Waals surface area contributed by atoms with Gasteiger partial charge < -0.3 is 15.2 Å². The molecule has 25 heavy (non-hydrogen) atoms. The maximum atomic E-state index is 5.24. The minimum Gasteiger partial charge on any atom is -0.361 e. The molecule has 0 amide bonds. The number of guanidine groups is 1. The van der Waals surface area contributed by atoms with E-state index in [9.17, 15) is 0 Å². The highest BCUT2D eigenvalue weighted by molar-refractivity contribution is 14.0. The van der Waals surface area contributed by atoms with E-state index < -0.39 is 0 Å². The fraction of sp³-hybridized carbons (Fsp3) is 0.789. The van der Waals surface area contributed by atoms with Crippen LogP contribution in [0.2, 0.25) is 0 Å². The van der Waals surface area contributed by atoms with Crippen LogP contribution in [0.25, 0.3) is 0 Å². The standard InChI is InChI=1S/C19H32N4O.HI/c1-4-20-19(21-12-18-13(2)23-24-14(18)3)22-17-10-9-15-7-5-6-8-16(15)11-17;/h15-17H,4-12H2,1-3H3,(H2,20,21,22);1H. The molecule has 0 saturated heterocycles. The molecule has 0 spiro atoms. The van der Waals surface area contributed by atoms with E-state index in [-0.39, 0.29) is 24.0 Å². The number of nitrogens with zero attached hydrogens (tertiary/aromatic N) is 2. The minimum absolute atomic E-state index is 0. The summed E-state index contributed by atoms with van der Waals surface area (Å²) in [6.45, 7) is 7.55. The highest BCUT2D eigenvalue weighted by Gasteiger charge is 2.32. The molecule has 6 heteroatoms. The molecule has 2 fully saturated rings. The molecule has 1 aromatic rings. The number of hydrogen-bond donors (Lipinski definition) is 2. The fourth-order valence-corrected chi connectivity index (χ4v) is 4.40. The number of aromatic nitrogens is 1. The Morgan fingerprint density at radius 3 is 2.60 bits per heavy atom. The summed E-state index contributed by atoms with van der Waals surface area (Å²) in [5, 5.41) is 11.1. The van der Waals surface area contributed by atoms with Crippen LogP contribution in [0.4, 0.5) is 0 Å². The van der Waals surface area contributed by atoms with Gasteiger partial charge in [0.1, 0.15) is 5.76 Å². The summed E-state index contributed by atoms with van der Waals surface area (Å²) in [7, 11) is 0. The number of aryl methyl sites for hydroxylation is 2. The third-order valence-corrected chi connectivity index (χ3v) is 5.80. The quantitative estimate of drug-likeness (QED) is 0.399. The van der Waals surface area contributed by atoms with Gasteiger partial charge in [0.2, 0.25) is 0 Å². The van der Waals surface area contributed by atoms with Crippen LogP contribution in [-0.4, -0.2) is 23.7 Å². The maximum Gasteiger partial charge on any atom is 0.191 e. The predicted octanol–water partition coefficient (Wildman–Crippen LogP) is 4.32. The molecular formula is C19H33IN4O. The zero-order chi connectivity index (χ0) is 16.9. The Morgan fingerprint density at radius 2 is 1.92 bits per heavy atom. The molecule has 2 aliphatic rings. The first-order valence-corrected chi connectivity index (χ1v) is 9.64. The van der Waals surface area contributed by atoms with Gasteiger partial charge in [-0.15, -0.1) is 24.0 Å². The highest BCUT2D eigenvalue weighted by Crippen LogP contribution is 2.40. The molecule has 3 rings (SSSR count). The summed E-state index contributed by atoms with van der Waals surface area (Å²) in [4.78, 5) is 4.77. The molecule has 3 atom stereocenters. The zero-order valence-corrected chi connectivity index (χ0v) is 18.1. The third kappa shape index (κ3) is 5.34. The lowest BCUT2D eigenvalue weighted by Crippen LogP contribution is -2.46. The summed E-state index contributed by atoms with van der Waals surface area (Å²) in [5.74, 6) is 3.71. The summed E-state index contributed by atoms with van der Waals surface area (Å²) < 4.78 is 5.24. The molecule has 2 saturated carbocycles. The van der Waals surface area contributed by atoms with Gasteiger partial charge in [0, 0.05) is 18.2 Å². The number of nitrogens with one attached hydrogen (secondary N) is 2. The van der Waals surface area contributed by atoms with Crippen LogP contribution in [0.5, 0.6) is 0 Å². The Kier molecular flexibility index (Phi) is 8.03. The molecular weight excluding hydrogens is 427 g/mol. The fourth-order valence-electron chi connectivity index (χ4n) is 4.40. The van der Waals surface area contributed by atoms with E-state index in [0.29, 0.717) is 12.6 Å². The highest BCUT2D eigenvalue weighted by atomic mass is 127. The van der Waals surface area contributed by atoms with Crippen LogP contribution in [0.1, 0.15) is 68.9 Å². The van der Waals surface area contributed by atoms with Crippen molar-refractivity contribution in [3.63, 3.8) is 0 Å². The third-order valence-electron chi connectivity index (χ3n) is 5.80. The van der Waals surface area contributed by atoms with Gasteiger partial charge in [-0.1, -0.05) is 30.8 Å². The Bertz CT molecular complexity index is 552. The minimum atomic E-state index is 0. The van der Waals surface area contributed by atoms with Gasteiger partial charge in [-0.3, -0.25) is 0 Å². The second-order valence-corrected chi connectivity index (χ2v) is 7.46. The topological polar surface area (TPSA) is 62.5 Å². The first kappa shape index (κ1) is 20.5. The Balaban J connectivity index is 0.00000225. The molecule has 0 bridgehead atoms. The van der Waals surface area contributed by atoms with Gasteiger partial charge in [-0.05, 0) is 51.9 Å². The molecule has 0 radical (unpaired) electrons. The van der Waals surface area contributed by atoms with Crippen molar-refractivity contribution in [1.29, 1.82) is 0 Å². The molecule has 1 aromatic heterocycles. The molecule has 5 nitrogen and oxygen atoms in total. The summed E-state index contributed by atoms with van der Waals surface area (Å²) in [6.07, 6.45) is 9.71. The van der Waals surface area contributed by atoms with Crippen molar-refractivity contribution in [2.24, 2.45) is 16.8 Å². The van der Waals surface area contributed by atoms with Crippen LogP contribution < -0.4 is 10.6 Å². The lowest BCUT2D eigenvalue weighted by molar-refractivity contribution is 0.150. The monoisotopic (exact) mass is 460 g/mol. The first-order valence-electron chi connectivity index (χ1n) is 9.64. The van der Waals surface area contributed by atoms with E-state index in [2.05, 4.69) is 22.7 Å².